The molecule has 9 rings (SSSR count). The monoisotopic (exact) mass is 1190 g/mol. The molecule has 9 aliphatic rings. The van der Waals surface area contributed by atoms with Crippen LogP contribution in [0.5, 0.6) is 0 Å². The lowest BCUT2D eigenvalue weighted by molar-refractivity contribution is 0.125. The Labute approximate surface area is 542 Å². The topological polar surface area (TPSA) is 0 Å². The maximum Gasteiger partial charge on any atom is -0.0303 e. The molecule has 0 bridgehead atoms. The smallest absolute Gasteiger partial charge is 0.0303 e. The van der Waals surface area contributed by atoms with Gasteiger partial charge in [-0.25, -0.2) is 0 Å². The van der Waals surface area contributed by atoms with Gasteiger partial charge in [0.15, 0.2) is 0 Å². The van der Waals surface area contributed by atoms with E-state index in [2.05, 4.69) is 152 Å². The van der Waals surface area contributed by atoms with Crippen molar-refractivity contribution in [2.75, 3.05) is 0 Å². The number of hydrogen-bond acceptors (Lipinski definition) is 0. The van der Waals surface area contributed by atoms with Crippen LogP contribution in [0.25, 0.3) is 0 Å². The molecule has 0 aromatic heterocycles. The number of hydrogen-bond donors (Lipinski definition) is 0. The van der Waals surface area contributed by atoms with Crippen LogP contribution in [0.2, 0.25) is 0 Å². The van der Waals surface area contributed by atoms with Gasteiger partial charge in [-0.05, 0) is 201 Å². The van der Waals surface area contributed by atoms with Gasteiger partial charge in [0.25, 0.3) is 0 Å². The highest BCUT2D eigenvalue weighted by atomic mass is 14.4. The standard InChI is InChI=1S/5C10H20.3C9H18.C8H16/c1-4-10(3)7-5-6-9(2)8-10;1-4-10(3)8-6-5-7-9(10)2;1-4-6-10(3)7-5-9(2)8-10;2*1-3-7-10(2)8-5-4-6-9-10;1-4-9(3)6-5-8(2)7-9;2*1-3-9(2)7-5-4-6-8-9;1-8(2)6-4-3-5-7-8/h3*9H,4-8H2,1-3H3;2*3-9H2,1-2H3;8H,4-7H2,1-3H3;2*3-8H2,1-2H3;3-7H2,1-2H3. The number of rotatable bonds is 11. The van der Waals surface area contributed by atoms with Crippen molar-refractivity contribution in [3.8, 4) is 0 Å². The quantitative estimate of drug-likeness (QED) is 0.193. The third kappa shape index (κ3) is 36.1. The summed E-state index contributed by atoms with van der Waals surface area (Å²) in [6.07, 6.45) is 72.8. The van der Waals surface area contributed by atoms with Gasteiger partial charge in [-0.15, -0.1) is 0 Å². The third-order valence-electron chi connectivity index (χ3n) is 26.5. The average molecular weight is 1190 g/mol. The molecule has 0 heterocycles. The Hall–Kier alpha value is 0. The lowest BCUT2D eigenvalue weighted by Gasteiger charge is -2.39. The molecule has 0 radical (unpaired) electrons. The molecule has 8 unspecified atom stereocenters. The van der Waals surface area contributed by atoms with Crippen molar-refractivity contribution < 1.29 is 0 Å². The predicted octanol–water partition coefficient (Wildman–Crippen LogP) is 31.3. The summed E-state index contributed by atoms with van der Waals surface area (Å²) in [4.78, 5) is 0. The Morgan fingerprint density at radius 3 is 0.741 bits per heavy atom. The van der Waals surface area contributed by atoms with Crippen molar-refractivity contribution in [2.45, 2.75) is 473 Å². The summed E-state index contributed by atoms with van der Waals surface area (Å²) in [6.45, 7) is 52.5. The van der Waals surface area contributed by atoms with Crippen molar-refractivity contribution in [1.29, 1.82) is 0 Å². The second-order valence-corrected chi connectivity index (χ2v) is 36.4. The summed E-state index contributed by atoms with van der Waals surface area (Å²) in [6, 6.07) is 0. The van der Waals surface area contributed by atoms with Gasteiger partial charge in [0, 0.05) is 0 Å². The molecule has 0 aliphatic heterocycles. The van der Waals surface area contributed by atoms with E-state index in [1.54, 1.807) is 0 Å². The van der Waals surface area contributed by atoms with E-state index in [4.69, 9.17) is 0 Å². The fraction of sp³-hybridized carbons (Fsp3) is 1.00. The predicted molar refractivity (Wildman–Crippen MR) is 392 cm³/mol. The summed E-state index contributed by atoms with van der Waals surface area (Å²) in [5.41, 5.74) is 6.37. The minimum Gasteiger partial charge on any atom is -0.0654 e. The minimum atomic E-state index is 0.679. The van der Waals surface area contributed by atoms with Gasteiger partial charge in [-0.2, -0.15) is 0 Å². The van der Waals surface area contributed by atoms with Crippen molar-refractivity contribution in [1.82, 2.24) is 0 Å². The van der Waals surface area contributed by atoms with Gasteiger partial charge in [0.05, 0.1) is 0 Å². The van der Waals surface area contributed by atoms with Crippen molar-refractivity contribution >= 4 is 0 Å². The molecule has 9 aliphatic carbocycles. The van der Waals surface area contributed by atoms with Crippen LogP contribution in [0.1, 0.15) is 473 Å². The molecule has 9 saturated carbocycles. The van der Waals surface area contributed by atoms with Gasteiger partial charge in [-0.3, -0.25) is 0 Å². The fourth-order valence-corrected chi connectivity index (χ4v) is 18.3. The van der Waals surface area contributed by atoms with Crippen LogP contribution in [0.3, 0.4) is 0 Å². The van der Waals surface area contributed by atoms with Crippen LogP contribution >= 0.6 is 0 Å². The van der Waals surface area contributed by atoms with E-state index >= 15 is 0 Å². The first-order valence-electron chi connectivity index (χ1n) is 40.0. The van der Waals surface area contributed by atoms with Crippen LogP contribution in [0.4, 0.5) is 0 Å². The van der Waals surface area contributed by atoms with E-state index in [-0.39, 0.29) is 0 Å². The SMILES string of the molecule is CC1(C)CCCCC1.CCC1(C)CCC(C)C1.CCC1(C)CCCC(C)C1.CCC1(C)CCCCC1.CCC1(C)CCCCC1.CCC1(C)CCCCC1C.CCCC1(C)CCC(C)C1.CCCC1(C)CCCCC1.CCCC1(C)CCCCC1. The molecular formula is C85H170. The first kappa shape index (κ1) is 83.0. The third-order valence-corrected chi connectivity index (χ3v) is 26.5. The zero-order valence-electron chi connectivity index (χ0n) is 64.2. The first-order valence-corrected chi connectivity index (χ1v) is 40.0. The molecule has 0 aromatic carbocycles. The van der Waals surface area contributed by atoms with E-state index in [1.807, 2.05) is 0 Å². The van der Waals surface area contributed by atoms with Crippen LogP contribution in [0.15, 0.2) is 0 Å². The summed E-state index contributed by atoms with van der Waals surface area (Å²) in [5.74, 6) is 3.94. The van der Waals surface area contributed by atoms with Gasteiger partial charge >= 0.3 is 0 Å². The molecule has 0 aromatic rings. The second-order valence-electron chi connectivity index (χ2n) is 36.4. The van der Waals surface area contributed by atoms with Crippen LogP contribution < -0.4 is 0 Å². The maximum atomic E-state index is 2.47. The van der Waals surface area contributed by atoms with Gasteiger partial charge < -0.3 is 0 Å². The van der Waals surface area contributed by atoms with Crippen molar-refractivity contribution in [3.63, 3.8) is 0 Å². The molecule has 0 saturated heterocycles. The molecule has 0 spiro atoms. The molecule has 0 N–H and O–H groups in total. The van der Waals surface area contributed by atoms with Gasteiger partial charge in [-0.1, -0.05) is 345 Å². The van der Waals surface area contributed by atoms with E-state index in [0.717, 1.165) is 45.3 Å². The van der Waals surface area contributed by atoms with Crippen LogP contribution in [-0.4, -0.2) is 0 Å². The molecular weight excluding hydrogens is 1020 g/mol. The lowest BCUT2D eigenvalue weighted by Crippen LogP contribution is -2.27. The Morgan fingerprint density at radius 2 is 0.518 bits per heavy atom. The van der Waals surface area contributed by atoms with Crippen LogP contribution in [0, 0.1) is 72.4 Å². The Balaban J connectivity index is 0.000000478. The van der Waals surface area contributed by atoms with Crippen LogP contribution in [-0.2, 0) is 0 Å². The van der Waals surface area contributed by atoms with E-state index in [1.165, 1.54) is 321 Å². The Morgan fingerprint density at radius 1 is 0.235 bits per heavy atom. The first-order chi connectivity index (χ1) is 40.0. The average Bonchev–Trinajstić information content (AvgIpc) is 4.19. The highest BCUT2D eigenvalue weighted by Gasteiger charge is 2.34. The zero-order chi connectivity index (χ0) is 64.2. The summed E-state index contributed by atoms with van der Waals surface area (Å²) >= 11 is 0. The normalized spacial score (nSPS) is 33.1. The van der Waals surface area contributed by atoms with Crippen molar-refractivity contribution in [2.24, 2.45) is 72.4 Å². The largest absolute Gasteiger partial charge is 0.0654 e. The second kappa shape index (κ2) is 43.0. The van der Waals surface area contributed by atoms with Crippen molar-refractivity contribution in [3.05, 3.63) is 0 Å². The minimum absolute atomic E-state index is 0.679. The molecule has 8 atom stereocenters. The van der Waals surface area contributed by atoms with E-state index in [9.17, 15) is 0 Å². The van der Waals surface area contributed by atoms with Gasteiger partial charge in [0.2, 0.25) is 0 Å². The molecule has 0 amide bonds. The van der Waals surface area contributed by atoms with E-state index in [0.29, 0.717) is 27.1 Å². The summed E-state index contributed by atoms with van der Waals surface area (Å²) in [5, 5.41) is 0. The van der Waals surface area contributed by atoms with E-state index < -0.39 is 0 Å². The maximum absolute atomic E-state index is 2.47. The molecule has 9 fully saturated rings. The summed E-state index contributed by atoms with van der Waals surface area (Å²) in [7, 11) is 0. The lowest BCUT2D eigenvalue weighted by atomic mass is 9.67. The molecule has 510 valence electrons. The molecule has 0 nitrogen and oxygen atoms in total. The zero-order valence-corrected chi connectivity index (χ0v) is 64.2. The molecule has 0 heteroatoms. The molecule has 85 heavy (non-hydrogen) atoms. The highest BCUT2D eigenvalue weighted by molar-refractivity contribution is 4.86. The fourth-order valence-electron chi connectivity index (χ4n) is 18.3. The van der Waals surface area contributed by atoms with Gasteiger partial charge in [0.1, 0.15) is 0 Å². The Kier molecular flexibility index (Phi) is 42.0. The summed E-state index contributed by atoms with van der Waals surface area (Å²) < 4.78 is 0. The highest BCUT2D eigenvalue weighted by Crippen LogP contribution is 2.47. The Bertz CT molecular complexity index is 1450.